The van der Waals surface area contributed by atoms with Gasteiger partial charge in [-0.15, -0.1) is 0 Å². The van der Waals surface area contributed by atoms with Gasteiger partial charge < -0.3 is 15.1 Å². The van der Waals surface area contributed by atoms with Gasteiger partial charge in [0.05, 0.1) is 12.7 Å². The summed E-state index contributed by atoms with van der Waals surface area (Å²) in [6, 6.07) is 5.86. The van der Waals surface area contributed by atoms with E-state index >= 15 is 0 Å². The SMILES string of the molecule is CC(O)c1ccc(N(C)C(C)CO)cc1Br. The number of anilines is 1. The van der Waals surface area contributed by atoms with E-state index in [4.69, 9.17) is 5.11 Å². The number of aliphatic hydroxyl groups excluding tert-OH is 2. The smallest absolute Gasteiger partial charge is 0.0772 e. The summed E-state index contributed by atoms with van der Waals surface area (Å²) in [5, 5.41) is 18.6. The third kappa shape index (κ3) is 2.97. The predicted molar refractivity (Wildman–Crippen MR) is 69.7 cm³/mol. The molecule has 0 saturated heterocycles. The predicted octanol–water partition coefficient (Wildman–Crippen LogP) is 2.32. The molecule has 2 unspecified atom stereocenters. The summed E-state index contributed by atoms with van der Waals surface area (Å²) in [7, 11) is 1.94. The second kappa shape index (κ2) is 5.66. The van der Waals surface area contributed by atoms with E-state index in [0.717, 1.165) is 15.7 Å². The Bertz CT molecular complexity index is 355. The van der Waals surface area contributed by atoms with Crippen molar-refractivity contribution in [1.82, 2.24) is 0 Å². The van der Waals surface area contributed by atoms with Crippen LogP contribution in [0.3, 0.4) is 0 Å². The molecule has 1 rings (SSSR count). The zero-order valence-corrected chi connectivity index (χ0v) is 11.4. The number of benzene rings is 1. The van der Waals surface area contributed by atoms with Crippen molar-refractivity contribution >= 4 is 21.6 Å². The lowest BCUT2D eigenvalue weighted by Gasteiger charge is -2.26. The average Bonchev–Trinajstić information content (AvgIpc) is 2.26. The van der Waals surface area contributed by atoms with E-state index in [1.807, 2.05) is 37.1 Å². The largest absolute Gasteiger partial charge is 0.394 e. The van der Waals surface area contributed by atoms with E-state index in [1.54, 1.807) is 6.92 Å². The van der Waals surface area contributed by atoms with E-state index < -0.39 is 6.10 Å². The van der Waals surface area contributed by atoms with Crippen molar-refractivity contribution in [3.63, 3.8) is 0 Å². The summed E-state index contributed by atoms with van der Waals surface area (Å²) < 4.78 is 0.886. The monoisotopic (exact) mass is 287 g/mol. The van der Waals surface area contributed by atoms with Crippen LogP contribution < -0.4 is 4.90 Å². The minimum atomic E-state index is -0.482. The van der Waals surface area contributed by atoms with Gasteiger partial charge in [0, 0.05) is 23.2 Å². The van der Waals surface area contributed by atoms with Gasteiger partial charge >= 0.3 is 0 Å². The van der Waals surface area contributed by atoms with Crippen LogP contribution in [-0.4, -0.2) is 29.9 Å². The van der Waals surface area contributed by atoms with Gasteiger partial charge in [0.25, 0.3) is 0 Å². The molecule has 0 bridgehead atoms. The Morgan fingerprint density at radius 3 is 2.44 bits per heavy atom. The van der Waals surface area contributed by atoms with Crippen LogP contribution in [0.2, 0.25) is 0 Å². The third-order valence-corrected chi connectivity index (χ3v) is 3.45. The molecule has 1 aromatic rings. The first-order valence-corrected chi connectivity index (χ1v) is 6.08. The fraction of sp³-hybridized carbons (Fsp3) is 0.500. The molecule has 16 heavy (non-hydrogen) atoms. The normalized spacial score (nSPS) is 14.6. The topological polar surface area (TPSA) is 43.7 Å². The van der Waals surface area contributed by atoms with Crippen molar-refractivity contribution in [2.45, 2.75) is 26.0 Å². The lowest BCUT2D eigenvalue weighted by molar-refractivity contribution is 0.198. The Hall–Kier alpha value is -0.580. The fourth-order valence-corrected chi connectivity index (χ4v) is 2.15. The molecule has 0 heterocycles. The summed E-state index contributed by atoms with van der Waals surface area (Å²) in [4.78, 5) is 2.00. The van der Waals surface area contributed by atoms with Gasteiger partial charge in [0.15, 0.2) is 0 Å². The number of likely N-dealkylation sites (N-methyl/N-ethyl adjacent to an activating group) is 1. The summed E-state index contributed by atoms with van der Waals surface area (Å²) in [6.45, 7) is 3.81. The molecule has 0 spiro atoms. The molecule has 2 N–H and O–H groups in total. The van der Waals surface area contributed by atoms with Gasteiger partial charge in [-0.05, 0) is 31.5 Å². The van der Waals surface area contributed by atoms with Crippen LogP contribution in [0.15, 0.2) is 22.7 Å². The van der Waals surface area contributed by atoms with Crippen molar-refractivity contribution < 1.29 is 10.2 Å². The summed E-state index contributed by atoms with van der Waals surface area (Å²) >= 11 is 3.44. The number of halogens is 1. The van der Waals surface area contributed by atoms with Gasteiger partial charge in [-0.3, -0.25) is 0 Å². The molecule has 0 aliphatic carbocycles. The Morgan fingerprint density at radius 2 is 2.00 bits per heavy atom. The average molecular weight is 288 g/mol. The van der Waals surface area contributed by atoms with Crippen LogP contribution in [-0.2, 0) is 0 Å². The maximum atomic E-state index is 9.51. The number of aliphatic hydroxyl groups is 2. The second-order valence-corrected chi connectivity index (χ2v) is 4.88. The van der Waals surface area contributed by atoms with E-state index in [2.05, 4.69) is 15.9 Å². The molecule has 3 nitrogen and oxygen atoms in total. The minimum absolute atomic E-state index is 0.0734. The van der Waals surface area contributed by atoms with Crippen LogP contribution >= 0.6 is 15.9 Å². The maximum Gasteiger partial charge on any atom is 0.0772 e. The quantitative estimate of drug-likeness (QED) is 0.893. The van der Waals surface area contributed by atoms with Crippen molar-refractivity contribution in [3.05, 3.63) is 28.2 Å². The summed E-state index contributed by atoms with van der Waals surface area (Å²) in [6.07, 6.45) is -0.482. The van der Waals surface area contributed by atoms with Gasteiger partial charge in [-0.2, -0.15) is 0 Å². The van der Waals surface area contributed by atoms with E-state index in [9.17, 15) is 5.11 Å². The van der Waals surface area contributed by atoms with Crippen molar-refractivity contribution in [3.8, 4) is 0 Å². The number of nitrogens with zero attached hydrogens (tertiary/aromatic N) is 1. The number of hydrogen-bond donors (Lipinski definition) is 2. The Balaban J connectivity index is 2.97. The molecule has 0 amide bonds. The van der Waals surface area contributed by atoms with Crippen molar-refractivity contribution in [2.24, 2.45) is 0 Å². The molecular weight excluding hydrogens is 270 g/mol. The summed E-state index contributed by atoms with van der Waals surface area (Å²) in [5.74, 6) is 0. The zero-order chi connectivity index (χ0) is 12.3. The number of rotatable bonds is 4. The molecule has 0 aromatic heterocycles. The molecule has 0 aliphatic heterocycles. The number of hydrogen-bond acceptors (Lipinski definition) is 3. The Morgan fingerprint density at radius 1 is 1.38 bits per heavy atom. The van der Waals surface area contributed by atoms with Gasteiger partial charge in [0.1, 0.15) is 0 Å². The molecule has 2 atom stereocenters. The Kier molecular flexibility index (Phi) is 4.77. The van der Waals surface area contributed by atoms with E-state index in [-0.39, 0.29) is 12.6 Å². The molecule has 0 aliphatic rings. The van der Waals surface area contributed by atoms with E-state index in [1.165, 1.54) is 0 Å². The summed E-state index contributed by atoms with van der Waals surface area (Å²) in [5.41, 5.74) is 1.88. The fourth-order valence-electron chi connectivity index (χ4n) is 1.45. The minimum Gasteiger partial charge on any atom is -0.394 e. The van der Waals surface area contributed by atoms with Crippen LogP contribution in [0.5, 0.6) is 0 Å². The Labute approximate surface area is 105 Å². The highest BCUT2D eigenvalue weighted by atomic mass is 79.9. The molecule has 4 heteroatoms. The molecule has 0 radical (unpaired) electrons. The van der Waals surface area contributed by atoms with Crippen LogP contribution in [0.1, 0.15) is 25.5 Å². The lowest BCUT2D eigenvalue weighted by atomic mass is 10.1. The van der Waals surface area contributed by atoms with Crippen molar-refractivity contribution in [1.29, 1.82) is 0 Å². The molecule has 90 valence electrons. The molecule has 0 saturated carbocycles. The first kappa shape index (κ1) is 13.5. The standard InChI is InChI=1S/C12H18BrNO2/c1-8(7-15)14(3)10-4-5-11(9(2)16)12(13)6-10/h4-6,8-9,15-16H,7H2,1-3H3. The highest BCUT2D eigenvalue weighted by Crippen LogP contribution is 2.28. The first-order valence-electron chi connectivity index (χ1n) is 5.28. The van der Waals surface area contributed by atoms with Gasteiger partial charge in [-0.1, -0.05) is 22.0 Å². The maximum absolute atomic E-state index is 9.51. The van der Waals surface area contributed by atoms with E-state index in [0.29, 0.717) is 0 Å². The van der Waals surface area contributed by atoms with Gasteiger partial charge in [-0.25, -0.2) is 0 Å². The van der Waals surface area contributed by atoms with Crippen LogP contribution in [0, 0.1) is 0 Å². The zero-order valence-electron chi connectivity index (χ0n) is 9.81. The highest BCUT2D eigenvalue weighted by molar-refractivity contribution is 9.10. The van der Waals surface area contributed by atoms with Crippen molar-refractivity contribution in [2.75, 3.05) is 18.6 Å². The lowest BCUT2D eigenvalue weighted by Crippen LogP contribution is -2.31. The van der Waals surface area contributed by atoms with Gasteiger partial charge in [0.2, 0.25) is 0 Å². The molecule has 0 fully saturated rings. The molecule has 1 aromatic carbocycles. The third-order valence-electron chi connectivity index (χ3n) is 2.77. The molecular formula is C12H18BrNO2. The first-order chi connectivity index (χ1) is 7.47. The second-order valence-electron chi connectivity index (χ2n) is 4.02. The van der Waals surface area contributed by atoms with Crippen LogP contribution in [0.25, 0.3) is 0 Å². The van der Waals surface area contributed by atoms with Crippen LogP contribution in [0.4, 0.5) is 5.69 Å². The highest BCUT2D eigenvalue weighted by Gasteiger charge is 2.12.